The molecule has 1 aromatic carbocycles. The van der Waals surface area contributed by atoms with Crippen LogP contribution in [-0.2, 0) is 0 Å². The maximum absolute atomic E-state index is 12.9. The van der Waals surface area contributed by atoms with Crippen molar-refractivity contribution in [3.8, 4) is 0 Å². The molecule has 0 atom stereocenters. The number of ketones is 2. The molecule has 1 aliphatic heterocycles. The molecule has 1 saturated heterocycles. The maximum Gasteiger partial charge on any atom is 0.160 e. The molecule has 0 amide bonds. The van der Waals surface area contributed by atoms with Crippen molar-refractivity contribution in [1.82, 2.24) is 5.32 Å². The van der Waals surface area contributed by atoms with Gasteiger partial charge in [-0.3, -0.25) is 9.59 Å². The summed E-state index contributed by atoms with van der Waals surface area (Å²) in [6, 6.07) is 6.84. The molecule has 1 heterocycles. The van der Waals surface area contributed by atoms with E-state index in [1.54, 1.807) is 24.3 Å². The zero-order chi connectivity index (χ0) is 16.5. The van der Waals surface area contributed by atoms with Gasteiger partial charge in [-0.25, -0.2) is 4.39 Å². The zero-order valence-corrected chi connectivity index (χ0v) is 13.5. The molecule has 0 unspecified atom stereocenters. The van der Waals surface area contributed by atoms with Crippen LogP contribution in [0.4, 0.5) is 4.39 Å². The van der Waals surface area contributed by atoms with E-state index in [0.29, 0.717) is 17.5 Å². The predicted octanol–water partition coefficient (Wildman–Crippen LogP) is 4.10. The third-order valence-corrected chi connectivity index (χ3v) is 3.55. The Labute approximate surface area is 131 Å². The lowest BCUT2D eigenvalue weighted by atomic mass is 10.0. The van der Waals surface area contributed by atoms with E-state index in [1.165, 1.54) is 13.8 Å². The highest BCUT2D eigenvalue weighted by Crippen LogP contribution is 2.16. The Morgan fingerprint density at radius 2 is 1.68 bits per heavy atom. The van der Waals surface area contributed by atoms with Crippen molar-refractivity contribution in [2.75, 3.05) is 13.1 Å². The molecule has 22 heavy (non-hydrogen) atoms. The van der Waals surface area contributed by atoms with Crippen LogP contribution in [0, 0.1) is 0 Å². The highest BCUT2D eigenvalue weighted by molar-refractivity contribution is 6.07. The van der Waals surface area contributed by atoms with Crippen LogP contribution >= 0.6 is 0 Å². The first-order chi connectivity index (χ1) is 10.5. The number of nitrogens with one attached hydrogen (secondary N) is 1. The van der Waals surface area contributed by atoms with Gasteiger partial charge in [-0.05, 0) is 45.2 Å². The van der Waals surface area contributed by atoms with E-state index in [9.17, 15) is 14.0 Å². The van der Waals surface area contributed by atoms with Crippen molar-refractivity contribution in [3.63, 3.8) is 0 Å². The first-order valence-corrected chi connectivity index (χ1v) is 7.65. The Kier molecular flexibility index (Phi) is 7.67. The summed E-state index contributed by atoms with van der Waals surface area (Å²) >= 11 is 0. The number of benzene rings is 1. The monoisotopic (exact) mass is 305 g/mol. The molecular weight excluding hydrogens is 281 g/mol. The predicted molar refractivity (Wildman–Crippen MR) is 87.0 cm³/mol. The summed E-state index contributed by atoms with van der Waals surface area (Å²) in [6.45, 7) is 6.58. The fourth-order valence-electron chi connectivity index (χ4n) is 2.33. The topological polar surface area (TPSA) is 46.2 Å². The van der Waals surface area contributed by atoms with Crippen LogP contribution < -0.4 is 5.32 Å². The van der Waals surface area contributed by atoms with Gasteiger partial charge in [0.05, 0.1) is 0 Å². The van der Waals surface area contributed by atoms with E-state index < -0.39 is 0 Å². The SMILES string of the molecule is CC(=O)c1ccccc1C(C)=O.CC/C(F)=C1/CCCNC1. The molecule has 2 rings (SSSR count). The van der Waals surface area contributed by atoms with Gasteiger partial charge in [-0.1, -0.05) is 31.2 Å². The first kappa shape index (κ1) is 18.2. The summed E-state index contributed by atoms with van der Waals surface area (Å²) in [5.74, 6) is -0.0474. The Hall–Kier alpha value is -1.81. The second-order valence-corrected chi connectivity index (χ2v) is 5.30. The van der Waals surface area contributed by atoms with Gasteiger partial charge in [0.15, 0.2) is 11.6 Å². The quantitative estimate of drug-likeness (QED) is 0.855. The number of carbonyl (C=O) groups is 2. The Bertz CT molecular complexity index is 523. The first-order valence-electron chi connectivity index (χ1n) is 7.65. The van der Waals surface area contributed by atoms with Crippen molar-refractivity contribution in [2.45, 2.75) is 40.0 Å². The summed E-state index contributed by atoms with van der Waals surface area (Å²) in [7, 11) is 0. The van der Waals surface area contributed by atoms with Gasteiger partial charge in [-0.15, -0.1) is 0 Å². The van der Waals surface area contributed by atoms with Gasteiger partial charge in [-0.2, -0.15) is 0 Å². The molecule has 4 heteroatoms. The average molecular weight is 305 g/mol. The molecule has 0 bridgehead atoms. The molecule has 0 saturated carbocycles. The standard InChI is InChI=1S/C10H10O2.C8H14FN/c1-7(11)9-5-3-4-6-10(9)8(2)12;1-2-8(9)7-4-3-5-10-6-7/h3-6H,1-2H3;10H,2-6H2,1H3/b;8-7+. The number of allylic oxidation sites excluding steroid dienone is 1. The molecule has 0 aliphatic carbocycles. The minimum atomic E-state index is -0.0687. The van der Waals surface area contributed by atoms with Crippen LogP contribution in [0.2, 0.25) is 0 Å². The molecule has 1 aliphatic rings. The molecule has 120 valence electrons. The summed E-state index contributed by atoms with van der Waals surface area (Å²) in [5, 5.41) is 3.15. The third kappa shape index (κ3) is 5.53. The third-order valence-electron chi connectivity index (χ3n) is 3.55. The van der Waals surface area contributed by atoms with Crippen molar-refractivity contribution in [3.05, 3.63) is 46.8 Å². The number of Topliss-reactive ketones (excluding diaryl/α,β-unsaturated/α-hetero) is 2. The van der Waals surface area contributed by atoms with Gasteiger partial charge in [0.1, 0.15) is 5.83 Å². The summed E-state index contributed by atoms with van der Waals surface area (Å²) in [6.07, 6.45) is 2.59. The van der Waals surface area contributed by atoms with Crippen LogP contribution in [0.1, 0.15) is 60.7 Å². The van der Waals surface area contributed by atoms with E-state index in [2.05, 4.69) is 5.32 Å². The fraction of sp³-hybridized carbons (Fsp3) is 0.444. The smallest absolute Gasteiger partial charge is 0.160 e. The molecule has 1 aromatic rings. The Balaban J connectivity index is 0.000000224. The number of hydrogen-bond donors (Lipinski definition) is 1. The van der Waals surface area contributed by atoms with Crippen molar-refractivity contribution < 1.29 is 14.0 Å². The summed E-state index contributed by atoms with van der Waals surface area (Å²) < 4.78 is 12.9. The van der Waals surface area contributed by atoms with Crippen LogP contribution in [0.15, 0.2) is 35.7 Å². The highest BCUT2D eigenvalue weighted by Gasteiger charge is 2.09. The Morgan fingerprint density at radius 1 is 1.14 bits per heavy atom. The molecule has 1 fully saturated rings. The normalized spacial score (nSPS) is 16.4. The lowest BCUT2D eigenvalue weighted by Crippen LogP contribution is -2.24. The van der Waals surface area contributed by atoms with Gasteiger partial charge in [0.25, 0.3) is 0 Å². The molecule has 1 N–H and O–H groups in total. The Morgan fingerprint density at radius 3 is 2.05 bits per heavy atom. The van der Waals surface area contributed by atoms with Gasteiger partial charge in [0.2, 0.25) is 0 Å². The number of piperidine rings is 1. The second kappa shape index (κ2) is 9.26. The minimum Gasteiger partial charge on any atom is -0.313 e. The van der Waals surface area contributed by atoms with E-state index in [4.69, 9.17) is 0 Å². The van der Waals surface area contributed by atoms with Crippen LogP contribution in [-0.4, -0.2) is 24.7 Å². The van der Waals surface area contributed by atoms with Crippen LogP contribution in [0.25, 0.3) is 0 Å². The van der Waals surface area contributed by atoms with Gasteiger partial charge in [0, 0.05) is 17.7 Å². The fourth-order valence-corrected chi connectivity index (χ4v) is 2.33. The molecule has 0 spiro atoms. The van der Waals surface area contributed by atoms with E-state index in [0.717, 1.165) is 31.5 Å². The van der Waals surface area contributed by atoms with Gasteiger partial charge < -0.3 is 5.32 Å². The number of hydrogen-bond acceptors (Lipinski definition) is 3. The zero-order valence-electron chi connectivity index (χ0n) is 13.5. The maximum atomic E-state index is 12.9. The average Bonchev–Trinajstić information content (AvgIpc) is 2.55. The lowest BCUT2D eigenvalue weighted by molar-refractivity contribution is 0.0981. The lowest BCUT2D eigenvalue weighted by Gasteiger charge is -2.15. The van der Waals surface area contributed by atoms with E-state index >= 15 is 0 Å². The van der Waals surface area contributed by atoms with E-state index in [-0.39, 0.29) is 17.4 Å². The van der Waals surface area contributed by atoms with Crippen molar-refractivity contribution in [1.29, 1.82) is 0 Å². The molecular formula is C18H24FNO2. The molecule has 3 nitrogen and oxygen atoms in total. The van der Waals surface area contributed by atoms with E-state index in [1.807, 2.05) is 6.92 Å². The number of halogens is 1. The second-order valence-electron chi connectivity index (χ2n) is 5.30. The summed E-state index contributed by atoms with van der Waals surface area (Å²) in [5.41, 5.74) is 1.99. The van der Waals surface area contributed by atoms with Gasteiger partial charge >= 0.3 is 0 Å². The highest BCUT2D eigenvalue weighted by atomic mass is 19.1. The number of carbonyl (C=O) groups excluding carboxylic acids is 2. The van der Waals surface area contributed by atoms with Crippen LogP contribution in [0.5, 0.6) is 0 Å². The molecule has 0 aromatic heterocycles. The summed E-state index contributed by atoms with van der Waals surface area (Å²) in [4.78, 5) is 22.0. The number of rotatable bonds is 3. The molecule has 0 radical (unpaired) electrons. The minimum absolute atomic E-state index is 0.0687. The van der Waals surface area contributed by atoms with Crippen molar-refractivity contribution >= 4 is 11.6 Å². The van der Waals surface area contributed by atoms with Crippen LogP contribution in [0.3, 0.4) is 0 Å². The van der Waals surface area contributed by atoms with Crippen molar-refractivity contribution in [2.24, 2.45) is 0 Å². The largest absolute Gasteiger partial charge is 0.313 e.